The van der Waals surface area contributed by atoms with Crippen molar-refractivity contribution in [2.45, 2.75) is 11.4 Å². The Balaban J connectivity index is 2.19. The van der Waals surface area contributed by atoms with Crippen molar-refractivity contribution in [3.63, 3.8) is 0 Å². The van der Waals surface area contributed by atoms with E-state index in [9.17, 15) is 8.42 Å². The van der Waals surface area contributed by atoms with E-state index in [1.165, 1.54) is 6.20 Å². The molecule has 0 atom stereocenters. The Morgan fingerprint density at radius 3 is 2.80 bits per heavy atom. The molecule has 0 saturated heterocycles. The first-order valence-corrected chi connectivity index (χ1v) is 8.16. The molecule has 0 fully saturated rings. The molecule has 1 heterocycles. The summed E-state index contributed by atoms with van der Waals surface area (Å²) in [7, 11) is -1.94. The summed E-state index contributed by atoms with van der Waals surface area (Å²) < 4.78 is 28.0. The van der Waals surface area contributed by atoms with Crippen molar-refractivity contribution < 1.29 is 8.42 Å². The molecule has 0 aliphatic heterocycles. The number of hydrogen-bond donors (Lipinski definition) is 2. The van der Waals surface area contributed by atoms with Crippen LogP contribution in [0.4, 0.5) is 5.69 Å². The second-order valence-corrected chi connectivity index (χ2v) is 6.73. The van der Waals surface area contributed by atoms with Crippen molar-refractivity contribution in [3.8, 4) is 0 Å². The number of halogens is 1. The van der Waals surface area contributed by atoms with Gasteiger partial charge < -0.3 is 5.32 Å². The van der Waals surface area contributed by atoms with E-state index in [0.717, 1.165) is 10.0 Å². The first-order chi connectivity index (χ1) is 9.53. The molecule has 0 amide bonds. The quantitative estimate of drug-likeness (QED) is 0.863. The van der Waals surface area contributed by atoms with Gasteiger partial charge in [0.2, 0.25) is 10.0 Å². The van der Waals surface area contributed by atoms with Gasteiger partial charge in [0.1, 0.15) is 4.90 Å². The van der Waals surface area contributed by atoms with E-state index >= 15 is 0 Å². The Morgan fingerprint density at radius 2 is 2.10 bits per heavy atom. The van der Waals surface area contributed by atoms with Crippen LogP contribution in [0.25, 0.3) is 0 Å². The van der Waals surface area contributed by atoms with Crippen LogP contribution in [0.15, 0.2) is 52.1 Å². The van der Waals surface area contributed by atoms with Gasteiger partial charge in [0.15, 0.2) is 0 Å². The molecule has 5 nitrogen and oxygen atoms in total. The molecule has 0 bridgehead atoms. The van der Waals surface area contributed by atoms with Crippen LogP contribution in [0, 0.1) is 0 Å². The number of aromatic nitrogens is 1. The molecular weight excluding hydrogens is 342 g/mol. The van der Waals surface area contributed by atoms with Crippen LogP contribution in [0.3, 0.4) is 0 Å². The molecule has 0 unspecified atom stereocenters. The summed E-state index contributed by atoms with van der Waals surface area (Å²) in [5.41, 5.74) is 1.39. The lowest BCUT2D eigenvalue weighted by molar-refractivity contribution is 0.581. The first kappa shape index (κ1) is 15.0. The maximum Gasteiger partial charge on any atom is 0.244 e. The number of pyridine rings is 1. The number of nitrogens with zero attached hydrogens (tertiary/aromatic N) is 1. The van der Waals surface area contributed by atoms with Gasteiger partial charge in [-0.1, -0.05) is 28.1 Å². The lowest BCUT2D eigenvalue weighted by Crippen LogP contribution is -2.24. The summed E-state index contributed by atoms with van der Waals surface area (Å²) in [5.74, 6) is 0. The number of benzene rings is 1. The molecule has 20 heavy (non-hydrogen) atoms. The molecule has 7 heteroatoms. The molecule has 0 aliphatic rings. The minimum Gasteiger partial charge on any atom is -0.387 e. The van der Waals surface area contributed by atoms with E-state index in [0.29, 0.717) is 5.69 Å². The van der Waals surface area contributed by atoms with E-state index in [2.05, 4.69) is 31.0 Å². The van der Waals surface area contributed by atoms with Crippen LogP contribution >= 0.6 is 15.9 Å². The van der Waals surface area contributed by atoms with Gasteiger partial charge in [0.25, 0.3) is 0 Å². The van der Waals surface area contributed by atoms with Crippen molar-refractivity contribution >= 4 is 31.6 Å². The third kappa shape index (κ3) is 3.56. The highest BCUT2D eigenvalue weighted by Crippen LogP contribution is 2.19. The van der Waals surface area contributed by atoms with E-state index in [1.807, 2.05) is 24.3 Å². The topological polar surface area (TPSA) is 71.1 Å². The second kappa shape index (κ2) is 6.34. The van der Waals surface area contributed by atoms with Crippen LogP contribution in [-0.2, 0) is 16.6 Å². The molecule has 0 radical (unpaired) electrons. The largest absolute Gasteiger partial charge is 0.387 e. The van der Waals surface area contributed by atoms with Crippen LogP contribution in [0.5, 0.6) is 0 Å². The van der Waals surface area contributed by atoms with Crippen molar-refractivity contribution in [1.82, 2.24) is 9.71 Å². The van der Waals surface area contributed by atoms with Crippen molar-refractivity contribution in [3.05, 3.63) is 52.8 Å². The summed E-state index contributed by atoms with van der Waals surface area (Å²) in [6.45, 7) is 0.222. The van der Waals surface area contributed by atoms with Gasteiger partial charge in [-0.2, -0.15) is 0 Å². The van der Waals surface area contributed by atoms with Crippen molar-refractivity contribution in [2.75, 3.05) is 12.4 Å². The Hall–Kier alpha value is -1.44. The third-order valence-electron chi connectivity index (χ3n) is 2.70. The van der Waals surface area contributed by atoms with Crippen LogP contribution in [0.2, 0.25) is 0 Å². The molecule has 1 aromatic carbocycles. The number of hydrogen-bond acceptors (Lipinski definition) is 4. The predicted octanol–water partition coefficient (Wildman–Crippen LogP) is 2.36. The van der Waals surface area contributed by atoms with E-state index in [-0.39, 0.29) is 11.4 Å². The fourth-order valence-corrected chi connectivity index (χ4v) is 3.32. The molecule has 0 saturated carbocycles. The van der Waals surface area contributed by atoms with E-state index in [1.54, 1.807) is 19.3 Å². The SMILES string of the molecule is CNc1ccncc1S(=O)(=O)NCc1cccc(Br)c1. The van der Waals surface area contributed by atoms with Gasteiger partial charge in [-0.3, -0.25) is 4.98 Å². The molecule has 0 spiro atoms. The highest BCUT2D eigenvalue weighted by atomic mass is 79.9. The fraction of sp³-hybridized carbons (Fsp3) is 0.154. The van der Waals surface area contributed by atoms with E-state index < -0.39 is 10.0 Å². The van der Waals surface area contributed by atoms with Crippen LogP contribution in [-0.4, -0.2) is 20.4 Å². The highest BCUT2D eigenvalue weighted by Gasteiger charge is 2.17. The predicted molar refractivity (Wildman–Crippen MR) is 82.0 cm³/mol. The molecule has 2 aromatic rings. The Labute approximate surface area is 126 Å². The van der Waals surface area contributed by atoms with Crippen molar-refractivity contribution in [1.29, 1.82) is 0 Å². The first-order valence-electron chi connectivity index (χ1n) is 5.89. The zero-order chi connectivity index (χ0) is 14.6. The smallest absolute Gasteiger partial charge is 0.244 e. The number of sulfonamides is 1. The maximum absolute atomic E-state index is 12.3. The van der Waals surface area contributed by atoms with Crippen LogP contribution in [0.1, 0.15) is 5.56 Å². The standard InChI is InChI=1S/C13H14BrN3O2S/c1-15-12-5-6-16-9-13(12)20(18,19)17-8-10-3-2-4-11(14)7-10/h2-7,9,17H,8H2,1H3,(H,15,16). The summed E-state index contributed by atoms with van der Waals surface area (Å²) in [4.78, 5) is 4.00. The van der Waals surface area contributed by atoms with Crippen LogP contribution < -0.4 is 10.0 Å². The minimum atomic E-state index is -3.60. The zero-order valence-electron chi connectivity index (χ0n) is 10.8. The molecule has 106 valence electrons. The zero-order valence-corrected chi connectivity index (χ0v) is 13.2. The lowest BCUT2D eigenvalue weighted by atomic mass is 10.2. The highest BCUT2D eigenvalue weighted by molar-refractivity contribution is 9.10. The Bertz CT molecular complexity index is 704. The molecule has 2 rings (SSSR count). The second-order valence-electron chi connectivity index (χ2n) is 4.08. The Kier molecular flexibility index (Phi) is 4.74. The molecule has 0 aliphatic carbocycles. The van der Waals surface area contributed by atoms with Crippen molar-refractivity contribution in [2.24, 2.45) is 0 Å². The maximum atomic E-state index is 12.3. The summed E-state index contributed by atoms with van der Waals surface area (Å²) in [6.07, 6.45) is 2.87. The molecule has 2 N–H and O–H groups in total. The van der Waals surface area contributed by atoms with Gasteiger partial charge in [-0.05, 0) is 23.8 Å². The summed E-state index contributed by atoms with van der Waals surface area (Å²) >= 11 is 3.35. The molecule has 1 aromatic heterocycles. The minimum absolute atomic E-state index is 0.137. The number of nitrogens with one attached hydrogen (secondary N) is 2. The Morgan fingerprint density at radius 1 is 1.30 bits per heavy atom. The summed E-state index contributed by atoms with van der Waals surface area (Å²) in [6, 6.07) is 9.09. The fourth-order valence-electron chi connectivity index (χ4n) is 1.70. The summed E-state index contributed by atoms with van der Waals surface area (Å²) in [5, 5.41) is 2.84. The van der Waals surface area contributed by atoms with Gasteiger partial charge in [-0.15, -0.1) is 0 Å². The van der Waals surface area contributed by atoms with Gasteiger partial charge in [-0.25, -0.2) is 13.1 Å². The van der Waals surface area contributed by atoms with Gasteiger partial charge >= 0.3 is 0 Å². The third-order valence-corrected chi connectivity index (χ3v) is 4.62. The number of anilines is 1. The van der Waals surface area contributed by atoms with Gasteiger partial charge in [0.05, 0.1) is 5.69 Å². The average Bonchev–Trinajstić information content (AvgIpc) is 2.45. The monoisotopic (exact) mass is 355 g/mol. The number of rotatable bonds is 5. The normalized spacial score (nSPS) is 11.3. The average molecular weight is 356 g/mol. The van der Waals surface area contributed by atoms with E-state index in [4.69, 9.17) is 0 Å². The lowest BCUT2D eigenvalue weighted by Gasteiger charge is -2.10. The van der Waals surface area contributed by atoms with Gasteiger partial charge in [0, 0.05) is 30.5 Å². The molecular formula is C13H14BrN3O2S.